The van der Waals surface area contributed by atoms with Crippen LogP contribution in [-0.2, 0) is 0 Å². The van der Waals surface area contributed by atoms with Crippen LogP contribution in [-0.4, -0.2) is 11.4 Å². The maximum absolute atomic E-state index is 14.3. The van der Waals surface area contributed by atoms with E-state index in [1.54, 1.807) is 25.1 Å². The van der Waals surface area contributed by atoms with Crippen molar-refractivity contribution in [3.8, 4) is 28.2 Å². The van der Waals surface area contributed by atoms with Gasteiger partial charge in [0.2, 0.25) is 5.43 Å². The summed E-state index contributed by atoms with van der Waals surface area (Å²) in [5.74, 6) is -2.42. The van der Waals surface area contributed by atoms with E-state index in [2.05, 4.69) is 15.9 Å². The Hall–Kier alpha value is -3.06. The minimum Gasteiger partial charge on any atom is -0.504 e. The predicted molar refractivity (Wildman–Crippen MR) is 104 cm³/mol. The molecule has 2 aromatic carbocycles. The molecule has 1 aliphatic heterocycles. The van der Waals surface area contributed by atoms with Crippen LogP contribution in [0.1, 0.15) is 15.9 Å². The molecule has 0 amide bonds. The first kappa shape index (κ1) is 18.3. The first-order valence-corrected chi connectivity index (χ1v) is 8.94. The van der Waals surface area contributed by atoms with Crippen molar-refractivity contribution in [2.45, 2.75) is 6.92 Å². The Balaban J connectivity index is 2.26. The average Bonchev–Trinajstić information content (AvgIpc) is 2.67. The summed E-state index contributed by atoms with van der Waals surface area (Å²) in [7, 11) is 0. The third-order valence-corrected chi connectivity index (χ3v) is 5.33. The Morgan fingerprint density at radius 2 is 1.82 bits per heavy atom. The summed E-state index contributed by atoms with van der Waals surface area (Å²) in [5.41, 5.74) is 1.69. The Labute approximate surface area is 165 Å². The van der Waals surface area contributed by atoms with Crippen LogP contribution in [0.4, 0.5) is 8.78 Å². The van der Waals surface area contributed by atoms with Crippen molar-refractivity contribution in [1.82, 2.24) is 0 Å². The number of aldehydes is 1. The highest BCUT2D eigenvalue weighted by atomic mass is 79.9. The monoisotopic (exact) mass is 444 g/mol. The zero-order valence-corrected chi connectivity index (χ0v) is 15.9. The molecule has 4 nitrogen and oxygen atoms in total. The van der Waals surface area contributed by atoms with Crippen molar-refractivity contribution in [2.75, 3.05) is 0 Å². The molecule has 0 fully saturated rings. The number of hydrogen-bond donors (Lipinski definition) is 1. The van der Waals surface area contributed by atoms with E-state index < -0.39 is 22.8 Å². The van der Waals surface area contributed by atoms with E-state index in [1.165, 1.54) is 0 Å². The van der Waals surface area contributed by atoms with Gasteiger partial charge in [-0.05, 0) is 52.2 Å². The summed E-state index contributed by atoms with van der Waals surface area (Å²) < 4.78 is 34.0. The highest BCUT2D eigenvalue weighted by Crippen LogP contribution is 2.45. The highest BCUT2D eigenvalue weighted by Gasteiger charge is 2.24. The summed E-state index contributed by atoms with van der Waals surface area (Å²) in [5, 5.41) is 10.2. The van der Waals surface area contributed by atoms with Crippen LogP contribution in [0, 0.1) is 18.6 Å². The molecule has 1 aliphatic carbocycles. The Bertz CT molecular complexity index is 1310. The first-order chi connectivity index (χ1) is 13.3. The number of carbonyl (C=O) groups excluding carboxylic acids is 1. The van der Waals surface area contributed by atoms with Gasteiger partial charge in [0.05, 0.1) is 0 Å². The molecule has 2 aliphatic rings. The summed E-state index contributed by atoms with van der Waals surface area (Å²) in [6.45, 7) is 1.76. The largest absolute Gasteiger partial charge is 0.504 e. The van der Waals surface area contributed by atoms with Gasteiger partial charge in [0.1, 0.15) is 16.5 Å². The van der Waals surface area contributed by atoms with Crippen molar-refractivity contribution in [3.63, 3.8) is 0 Å². The molecular weight excluding hydrogens is 434 g/mol. The lowest BCUT2D eigenvalue weighted by Gasteiger charge is -2.18. The Kier molecular flexibility index (Phi) is 4.27. The topological polar surface area (TPSA) is 67.5 Å². The van der Waals surface area contributed by atoms with Gasteiger partial charge in [-0.3, -0.25) is 9.59 Å². The van der Waals surface area contributed by atoms with E-state index >= 15 is 0 Å². The van der Waals surface area contributed by atoms with Crippen LogP contribution in [0.2, 0.25) is 0 Å². The van der Waals surface area contributed by atoms with Crippen LogP contribution in [0.15, 0.2) is 50.1 Å². The van der Waals surface area contributed by atoms with Crippen molar-refractivity contribution >= 4 is 33.2 Å². The maximum Gasteiger partial charge on any atom is 0.217 e. The molecule has 1 heterocycles. The zero-order chi connectivity index (χ0) is 20.2. The van der Waals surface area contributed by atoms with Crippen molar-refractivity contribution < 1.29 is 23.1 Å². The van der Waals surface area contributed by atoms with Gasteiger partial charge in [0, 0.05) is 28.1 Å². The predicted octanol–water partition coefficient (Wildman–Crippen LogP) is 5.43. The molecule has 7 heteroatoms. The van der Waals surface area contributed by atoms with Gasteiger partial charge in [0.15, 0.2) is 23.0 Å². The fourth-order valence-corrected chi connectivity index (χ4v) is 3.76. The third-order valence-electron chi connectivity index (χ3n) is 4.59. The molecule has 28 heavy (non-hydrogen) atoms. The number of carbonyl (C=O) groups is 1. The number of phenolic OH excluding ortho intramolecular Hbond substituents is 1. The summed E-state index contributed by atoms with van der Waals surface area (Å²) in [4.78, 5) is 22.8. The second kappa shape index (κ2) is 6.53. The number of phenols is 1. The minimum absolute atomic E-state index is 0.0235. The number of aryl methyl sites for hydroxylation is 1. The van der Waals surface area contributed by atoms with Gasteiger partial charge < -0.3 is 9.52 Å². The summed E-state index contributed by atoms with van der Waals surface area (Å²) in [6, 6.07) is 8.03. The van der Waals surface area contributed by atoms with Crippen LogP contribution in [0.3, 0.4) is 0 Å². The van der Waals surface area contributed by atoms with E-state index in [0.717, 1.165) is 18.2 Å². The highest BCUT2D eigenvalue weighted by molar-refractivity contribution is 9.10. The molecule has 4 rings (SSSR count). The second-order valence-corrected chi connectivity index (χ2v) is 7.14. The Morgan fingerprint density at radius 3 is 2.50 bits per heavy atom. The number of hydrogen-bond acceptors (Lipinski definition) is 4. The molecule has 0 bridgehead atoms. The van der Waals surface area contributed by atoms with Gasteiger partial charge in [0.25, 0.3) is 0 Å². The van der Waals surface area contributed by atoms with E-state index in [-0.39, 0.29) is 26.8 Å². The van der Waals surface area contributed by atoms with Gasteiger partial charge >= 0.3 is 0 Å². The summed E-state index contributed by atoms with van der Waals surface area (Å²) >= 11 is 3.12. The SMILES string of the molecule is Cc1cc(C=O)ccc1-c1c2cc(F)c(=O)cc-2oc2c(Br)c(O)c(F)cc12. The number of benzene rings is 3. The lowest BCUT2D eigenvalue weighted by atomic mass is 9.90. The third kappa shape index (κ3) is 2.70. The smallest absolute Gasteiger partial charge is 0.217 e. The number of fused-ring (bicyclic) bond motifs is 2. The lowest BCUT2D eigenvalue weighted by Crippen LogP contribution is -2.07. The molecule has 0 aromatic heterocycles. The number of aromatic hydroxyl groups is 1. The fourth-order valence-electron chi connectivity index (χ4n) is 3.28. The van der Waals surface area contributed by atoms with E-state index in [9.17, 15) is 23.5 Å². The van der Waals surface area contributed by atoms with Crippen molar-refractivity contribution in [1.29, 1.82) is 0 Å². The molecule has 0 atom stereocenters. The lowest BCUT2D eigenvalue weighted by molar-refractivity contribution is 0.112. The minimum atomic E-state index is -0.969. The zero-order valence-electron chi connectivity index (χ0n) is 14.3. The average molecular weight is 445 g/mol. The van der Waals surface area contributed by atoms with Crippen LogP contribution in [0.25, 0.3) is 33.4 Å². The van der Waals surface area contributed by atoms with Crippen LogP contribution < -0.4 is 5.43 Å². The molecule has 0 saturated carbocycles. The van der Waals surface area contributed by atoms with Gasteiger partial charge in [-0.15, -0.1) is 0 Å². The van der Waals surface area contributed by atoms with Gasteiger partial charge in [-0.1, -0.05) is 12.1 Å². The van der Waals surface area contributed by atoms with Crippen LogP contribution in [0.5, 0.6) is 5.75 Å². The van der Waals surface area contributed by atoms with Crippen LogP contribution >= 0.6 is 15.9 Å². The van der Waals surface area contributed by atoms with Gasteiger partial charge in [-0.25, -0.2) is 8.78 Å². The maximum atomic E-state index is 14.3. The quantitative estimate of drug-likeness (QED) is 0.330. The number of rotatable bonds is 2. The molecule has 0 spiro atoms. The molecule has 2 aromatic rings. The fraction of sp³-hybridized carbons (Fsp3) is 0.0476. The first-order valence-electron chi connectivity index (χ1n) is 8.15. The van der Waals surface area contributed by atoms with Gasteiger partial charge in [-0.2, -0.15) is 0 Å². The van der Waals surface area contributed by atoms with E-state index in [0.29, 0.717) is 28.5 Å². The standard InChI is InChI=1S/C21H11BrF2O4/c1-9-4-10(8-25)2-3-11(9)18-12-5-14(23)16(26)7-17(12)28-21-13(18)6-15(24)20(27)19(21)22/h2-8,27H,1H3. The normalized spacial score (nSPS) is 11.3. The second-order valence-electron chi connectivity index (χ2n) is 6.35. The molecular formula is C21H11BrF2O4. The van der Waals surface area contributed by atoms with E-state index in [1.807, 2.05) is 0 Å². The number of halogens is 3. The molecule has 140 valence electrons. The Morgan fingerprint density at radius 1 is 1.07 bits per heavy atom. The molecule has 0 radical (unpaired) electrons. The van der Waals surface area contributed by atoms with E-state index in [4.69, 9.17) is 4.42 Å². The summed E-state index contributed by atoms with van der Waals surface area (Å²) in [6.07, 6.45) is 0.699. The van der Waals surface area contributed by atoms with Crippen molar-refractivity contribution in [3.05, 3.63) is 73.9 Å². The van der Waals surface area contributed by atoms with Crippen molar-refractivity contribution in [2.24, 2.45) is 0 Å². The molecule has 1 N–H and O–H groups in total. The molecule has 0 unspecified atom stereocenters. The molecule has 0 saturated heterocycles.